The lowest BCUT2D eigenvalue weighted by molar-refractivity contribution is 0.329. The fraction of sp³-hybridized carbons (Fsp3) is 0.250. The van der Waals surface area contributed by atoms with Crippen LogP contribution in [0.1, 0.15) is 6.92 Å². The normalized spacial score (nSPS) is 10.5. The molecule has 0 atom stereocenters. The minimum absolute atomic E-state index is 0.358. The molecule has 68 valence electrons. The molecule has 0 aliphatic rings. The molecular weight excluding hydrogens is 186 g/mol. The van der Waals surface area contributed by atoms with Gasteiger partial charge in [-0.25, -0.2) is 9.97 Å². The summed E-state index contributed by atoms with van der Waals surface area (Å²) >= 11 is 1.52. The second-order valence-corrected chi connectivity index (χ2v) is 3.35. The molecule has 2 heterocycles. The number of nitrogens with zero attached hydrogens (tertiary/aromatic N) is 2. The molecule has 0 aliphatic carbocycles. The molecular formula is C8H9N3OS. The van der Waals surface area contributed by atoms with Gasteiger partial charge in [0.05, 0.1) is 6.61 Å². The van der Waals surface area contributed by atoms with Crippen LogP contribution in [0.25, 0.3) is 10.3 Å². The Morgan fingerprint density at radius 1 is 1.54 bits per heavy atom. The molecule has 13 heavy (non-hydrogen) atoms. The average Bonchev–Trinajstić information content (AvgIpc) is 2.52. The Balaban J connectivity index is 2.56. The van der Waals surface area contributed by atoms with Crippen molar-refractivity contribution in [2.75, 3.05) is 12.3 Å². The summed E-state index contributed by atoms with van der Waals surface area (Å²) in [6.07, 6.45) is 0. The minimum Gasteiger partial charge on any atom is -0.475 e. The van der Waals surface area contributed by atoms with Crippen LogP contribution in [0.2, 0.25) is 0 Å². The van der Waals surface area contributed by atoms with Crippen molar-refractivity contribution in [2.24, 2.45) is 0 Å². The highest BCUT2D eigenvalue weighted by atomic mass is 32.1. The van der Waals surface area contributed by atoms with E-state index < -0.39 is 0 Å². The second kappa shape index (κ2) is 3.18. The summed E-state index contributed by atoms with van der Waals surface area (Å²) in [6.45, 7) is 2.44. The largest absolute Gasteiger partial charge is 0.475 e. The minimum atomic E-state index is 0.358. The molecule has 0 aromatic carbocycles. The first-order chi connectivity index (χ1) is 6.31. The van der Waals surface area contributed by atoms with Gasteiger partial charge in [0.1, 0.15) is 10.3 Å². The van der Waals surface area contributed by atoms with E-state index in [-0.39, 0.29) is 0 Å². The number of ether oxygens (including phenoxy) is 1. The topological polar surface area (TPSA) is 61.0 Å². The van der Waals surface area contributed by atoms with Crippen LogP contribution in [0.3, 0.4) is 0 Å². The van der Waals surface area contributed by atoms with Crippen molar-refractivity contribution in [1.29, 1.82) is 0 Å². The Morgan fingerprint density at radius 3 is 3.15 bits per heavy atom. The van der Waals surface area contributed by atoms with E-state index in [1.807, 2.05) is 18.4 Å². The van der Waals surface area contributed by atoms with Crippen LogP contribution in [0.15, 0.2) is 11.4 Å². The third-order valence-electron chi connectivity index (χ3n) is 1.57. The number of anilines is 1. The van der Waals surface area contributed by atoms with Gasteiger partial charge in [-0.1, -0.05) is 0 Å². The van der Waals surface area contributed by atoms with E-state index >= 15 is 0 Å². The maximum absolute atomic E-state index is 5.64. The molecule has 5 heteroatoms. The van der Waals surface area contributed by atoms with Crippen molar-refractivity contribution in [3.63, 3.8) is 0 Å². The van der Waals surface area contributed by atoms with E-state index in [2.05, 4.69) is 9.97 Å². The predicted octanol–water partition coefficient (Wildman–Crippen LogP) is 1.67. The van der Waals surface area contributed by atoms with Crippen LogP contribution < -0.4 is 10.5 Å². The fourth-order valence-corrected chi connectivity index (χ4v) is 1.74. The molecule has 0 bridgehead atoms. The number of nitrogens with two attached hydrogens (primary N) is 1. The molecule has 2 aromatic heterocycles. The Bertz CT molecular complexity index is 426. The van der Waals surface area contributed by atoms with Gasteiger partial charge in [-0.2, -0.15) is 0 Å². The number of thiophene rings is 1. The summed E-state index contributed by atoms with van der Waals surface area (Å²) in [5.74, 6) is 0.783. The van der Waals surface area contributed by atoms with Crippen LogP contribution >= 0.6 is 11.3 Å². The Hall–Kier alpha value is -1.36. The Morgan fingerprint density at radius 2 is 2.38 bits per heavy atom. The highest BCUT2D eigenvalue weighted by molar-refractivity contribution is 7.16. The van der Waals surface area contributed by atoms with E-state index in [4.69, 9.17) is 10.5 Å². The number of rotatable bonds is 2. The van der Waals surface area contributed by atoms with Crippen molar-refractivity contribution in [1.82, 2.24) is 9.97 Å². The molecule has 0 fully saturated rings. The van der Waals surface area contributed by atoms with Gasteiger partial charge < -0.3 is 10.5 Å². The molecule has 0 saturated heterocycles. The van der Waals surface area contributed by atoms with Crippen LogP contribution in [0.4, 0.5) is 5.82 Å². The molecule has 0 radical (unpaired) electrons. The number of fused-ring (bicyclic) bond motifs is 1. The molecule has 2 N–H and O–H groups in total. The van der Waals surface area contributed by atoms with Crippen LogP contribution in [-0.2, 0) is 0 Å². The monoisotopic (exact) mass is 195 g/mol. The quantitative estimate of drug-likeness (QED) is 0.791. The third-order valence-corrected chi connectivity index (χ3v) is 2.36. The summed E-state index contributed by atoms with van der Waals surface area (Å²) in [5, 5.41) is 1.93. The summed E-state index contributed by atoms with van der Waals surface area (Å²) < 4.78 is 5.22. The summed E-state index contributed by atoms with van der Waals surface area (Å²) in [6, 6.07) is 1.90. The summed E-state index contributed by atoms with van der Waals surface area (Å²) in [7, 11) is 0. The van der Waals surface area contributed by atoms with Gasteiger partial charge in [-0.05, 0) is 18.4 Å². The van der Waals surface area contributed by atoms with Gasteiger partial charge in [-0.3, -0.25) is 0 Å². The maximum atomic E-state index is 5.64. The van der Waals surface area contributed by atoms with Crippen molar-refractivity contribution in [3.05, 3.63) is 11.4 Å². The molecule has 4 nitrogen and oxygen atoms in total. The van der Waals surface area contributed by atoms with Crippen LogP contribution in [0, 0.1) is 0 Å². The SMILES string of the molecule is CCOc1nc2ccsc2nc1N. The second-order valence-electron chi connectivity index (χ2n) is 2.46. The van der Waals surface area contributed by atoms with E-state index in [1.165, 1.54) is 11.3 Å². The molecule has 0 unspecified atom stereocenters. The summed E-state index contributed by atoms with van der Waals surface area (Å²) in [4.78, 5) is 9.24. The van der Waals surface area contributed by atoms with Crippen LogP contribution in [0.5, 0.6) is 5.88 Å². The lowest BCUT2D eigenvalue weighted by atomic mass is 10.5. The molecule has 2 aromatic rings. The smallest absolute Gasteiger partial charge is 0.257 e. The number of hydrogen-bond acceptors (Lipinski definition) is 5. The van der Waals surface area contributed by atoms with Gasteiger partial charge in [0, 0.05) is 0 Å². The Kier molecular flexibility index (Phi) is 2.02. The first-order valence-electron chi connectivity index (χ1n) is 3.94. The zero-order valence-corrected chi connectivity index (χ0v) is 7.97. The lowest BCUT2D eigenvalue weighted by Gasteiger charge is -2.03. The maximum Gasteiger partial charge on any atom is 0.257 e. The molecule has 0 amide bonds. The third kappa shape index (κ3) is 1.42. The van der Waals surface area contributed by atoms with Gasteiger partial charge in [0.25, 0.3) is 5.88 Å². The zero-order valence-electron chi connectivity index (χ0n) is 7.15. The van der Waals surface area contributed by atoms with Crippen molar-refractivity contribution < 1.29 is 4.74 Å². The molecule has 0 aliphatic heterocycles. The van der Waals surface area contributed by atoms with Crippen molar-refractivity contribution in [2.45, 2.75) is 6.92 Å². The molecule has 0 saturated carbocycles. The number of nitrogen functional groups attached to an aromatic ring is 1. The van der Waals surface area contributed by atoms with E-state index in [1.54, 1.807) is 0 Å². The summed E-state index contributed by atoms with van der Waals surface area (Å²) in [5.41, 5.74) is 6.48. The highest BCUT2D eigenvalue weighted by Crippen LogP contribution is 2.23. The first kappa shape index (κ1) is 8.25. The van der Waals surface area contributed by atoms with Crippen molar-refractivity contribution in [3.8, 4) is 5.88 Å². The average molecular weight is 195 g/mol. The van der Waals surface area contributed by atoms with E-state index in [9.17, 15) is 0 Å². The molecule has 2 rings (SSSR count). The van der Waals surface area contributed by atoms with Gasteiger partial charge in [-0.15, -0.1) is 11.3 Å². The fourth-order valence-electron chi connectivity index (χ4n) is 1.03. The zero-order chi connectivity index (χ0) is 9.26. The number of aromatic nitrogens is 2. The highest BCUT2D eigenvalue weighted by Gasteiger charge is 2.06. The first-order valence-corrected chi connectivity index (χ1v) is 4.82. The molecule has 0 spiro atoms. The Labute approximate surface area is 79.4 Å². The van der Waals surface area contributed by atoms with Crippen molar-refractivity contribution >= 4 is 27.5 Å². The van der Waals surface area contributed by atoms with Gasteiger partial charge >= 0.3 is 0 Å². The van der Waals surface area contributed by atoms with E-state index in [0.717, 1.165) is 10.3 Å². The lowest BCUT2D eigenvalue weighted by Crippen LogP contribution is -2.01. The van der Waals surface area contributed by atoms with E-state index in [0.29, 0.717) is 18.3 Å². The number of hydrogen-bond donors (Lipinski definition) is 1. The van der Waals surface area contributed by atoms with Gasteiger partial charge in [0.2, 0.25) is 0 Å². The predicted molar refractivity (Wildman–Crippen MR) is 53.0 cm³/mol. The van der Waals surface area contributed by atoms with Crippen LogP contribution in [-0.4, -0.2) is 16.6 Å². The van der Waals surface area contributed by atoms with Gasteiger partial charge in [0.15, 0.2) is 5.82 Å². The standard InChI is InChI=1S/C8H9N3OS/c1-2-12-7-6(9)11-8-5(10-7)3-4-13-8/h3-4H,2H2,1H3,(H2,9,11).